The van der Waals surface area contributed by atoms with Crippen molar-refractivity contribution in [2.45, 2.75) is 6.17 Å². The van der Waals surface area contributed by atoms with Crippen molar-refractivity contribution in [1.82, 2.24) is 5.32 Å². The molecule has 4 nitrogen and oxygen atoms in total. The zero-order valence-electron chi connectivity index (χ0n) is 27.6. The summed E-state index contributed by atoms with van der Waals surface area (Å²) in [6.45, 7) is 0. The molecule has 2 heterocycles. The van der Waals surface area contributed by atoms with Crippen LogP contribution < -0.4 is 5.32 Å². The Morgan fingerprint density at radius 2 is 1.12 bits per heavy atom. The van der Waals surface area contributed by atoms with Gasteiger partial charge in [-0.25, -0.2) is 9.98 Å². The van der Waals surface area contributed by atoms with Crippen molar-refractivity contribution >= 4 is 55.2 Å². The zero-order valence-corrected chi connectivity index (χ0v) is 27.6. The lowest BCUT2D eigenvalue weighted by Crippen LogP contribution is -2.33. The van der Waals surface area contributed by atoms with E-state index in [4.69, 9.17) is 14.4 Å². The molecular formula is C47H31N3O. The van der Waals surface area contributed by atoms with Gasteiger partial charge in [-0.1, -0.05) is 158 Å². The molecule has 1 aromatic heterocycles. The summed E-state index contributed by atoms with van der Waals surface area (Å²) in [6.07, 6.45) is -0.427. The smallest absolute Gasteiger partial charge is 0.159 e. The van der Waals surface area contributed by atoms with Crippen molar-refractivity contribution < 1.29 is 4.42 Å². The summed E-state index contributed by atoms with van der Waals surface area (Å²) < 4.78 is 6.76. The summed E-state index contributed by atoms with van der Waals surface area (Å²) in [6, 6.07) is 61.6. The van der Waals surface area contributed by atoms with Crippen LogP contribution in [0.2, 0.25) is 0 Å². The highest BCUT2D eigenvalue weighted by Crippen LogP contribution is 2.41. The van der Waals surface area contributed by atoms with E-state index < -0.39 is 6.17 Å². The van der Waals surface area contributed by atoms with E-state index in [1.165, 1.54) is 16.3 Å². The quantitative estimate of drug-likeness (QED) is 0.201. The number of hydrogen-bond donors (Lipinski definition) is 1. The van der Waals surface area contributed by atoms with E-state index in [1.807, 2.05) is 24.3 Å². The van der Waals surface area contributed by atoms with Crippen LogP contribution in [0.4, 0.5) is 0 Å². The second-order valence-corrected chi connectivity index (χ2v) is 13.0. The Bertz CT molecular complexity index is 2810. The normalized spacial score (nSPS) is 14.5. The Morgan fingerprint density at radius 1 is 0.471 bits per heavy atom. The molecule has 8 aromatic carbocycles. The fourth-order valence-corrected chi connectivity index (χ4v) is 7.44. The molecule has 4 heteroatoms. The lowest BCUT2D eigenvalue weighted by Gasteiger charge is -2.25. The van der Waals surface area contributed by atoms with Crippen LogP contribution in [0.1, 0.15) is 22.9 Å². The topological polar surface area (TPSA) is 49.9 Å². The van der Waals surface area contributed by atoms with Gasteiger partial charge in [0.1, 0.15) is 23.2 Å². The number of furan rings is 1. The van der Waals surface area contributed by atoms with Crippen LogP contribution in [0.25, 0.3) is 65.7 Å². The molecule has 0 spiro atoms. The first kappa shape index (κ1) is 29.2. The molecule has 1 atom stereocenters. The number of amidine groups is 2. The molecule has 10 rings (SSSR count). The Labute approximate surface area is 295 Å². The molecule has 51 heavy (non-hydrogen) atoms. The average molecular weight is 654 g/mol. The number of aliphatic imine (C=N–C) groups is 2. The van der Waals surface area contributed by atoms with Crippen molar-refractivity contribution in [1.29, 1.82) is 0 Å². The second kappa shape index (κ2) is 12.0. The first-order valence-electron chi connectivity index (χ1n) is 17.3. The molecule has 0 radical (unpaired) electrons. The number of fused-ring (bicyclic) bond motifs is 6. The summed E-state index contributed by atoms with van der Waals surface area (Å²) in [5, 5.41) is 10.6. The van der Waals surface area contributed by atoms with E-state index >= 15 is 0 Å². The van der Waals surface area contributed by atoms with Gasteiger partial charge in [0.2, 0.25) is 0 Å². The number of nitrogens with zero attached hydrogens (tertiary/aromatic N) is 2. The summed E-state index contributed by atoms with van der Waals surface area (Å²) in [4.78, 5) is 10.4. The monoisotopic (exact) mass is 653 g/mol. The molecule has 0 aliphatic carbocycles. The molecular weight excluding hydrogens is 623 g/mol. The molecule has 1 unspecified atom stereocenters. The molecule has 1 N–H and O–H groups in total. The minimum atomic E-state index is -0.427. The number of hydrogen-bond acceptors (Lipinski definition) is 4. The van der Waals surface area contributed by atoms with Crippen molar-refractivity contribution in [2.75, 3.05) is 0 Å². The van der Waals surface area contributed by atoms with E-state index in [9.17, 15) is 0 Å². The van der Waals surface area contributed by atoms with E-state index in [0.717, 1.165) is 71.9 Å². The average Bonchev–Trinajstić information content (AvgIpc) is 3.60. The van der Waals surface area contributed by atoms with Gasteiger partial charge in [-0.3, -0.25) is 0 Å². The number of nitrogens with one attached hydrogen (secondary N) is 1. The molecule has 0 saturated heterocycles. The highest BCUT2D eigenvalue weighted by atomic mass is 16.3. The minimum absolute atomic E-state index is 0.427. The van der Waals surface area contributed by atoms with Crippen LogP contribution in [-0.2, 0) is 0 Å². The van der Waals surface area contributed by atoms with Crippen molar-refractivity contribution in [3.8, 4) is 22.3 Å². The third kappa shape index (κ3) is 5.08. The van der Waals surface area contributed by atoms with Crippen LogP contribution in [0.3, 0.4) is 0 Å². The summed E-state index contributed by atoms with van der Waals surface area (Å²) in [7, 11) is 0. The van der Waals surface area contributed by atoms with Gasteiger partial charge in [-0.2, -0.15) is 0 Å². The summed E-state index contributed by atoms with van der Waals surface area (Å²) in [5.41, 5.74) is 9.27. The van der Waals surface area contributed by atoms with Crippen molar-refractivity contribution in [3.05, 3.63) is 193 Å². The highest BCUT2D eigenvalue weighted by molar-refractivity contribution is 6.18. The second-order valence-electron chi connectivity index (χ2n) is 13.0. The highest BCUT2D eigenvalue weighted by Gasteiger charge is 2.26. The van der Waals surface area contributed by atoms with Crippen LogP contribution in [0.5, 0.6) is 0 Å². The number of rotatable bonds is 5. The lowest BCUT2D eigenvalue weighted by atomic mass is 9.95. The van der Waals surface area contributed by atoms with Gasteiger partial charge in [-0.15, -0.1) is 0 Å². The van der Waals surface area contributed by atoms with E-state index in [0.29, 0.717) is 5.84 Å². The third-order valence-electron chi connectivity index (χ3n) is 9.93. The van der Waals surface area contributed by atoms with Crippen LogP contribution >= 0.6 is 0 Å². The van der Waals surface area contributed by atoms with Gasteiger partial charge in [-0.05, 0) is 56.6 Å². The van der Waals surface area contributed by atoms with Gasteiger partial charge < -0.3 is 9.73 Å². The van der Waals surface area contributed by atoms with E-state index in [1.54, 1.807) is 0 Å². The molecule has 240 valence electrons. The minimum Gasteiger partial charge on any atom is -0.455 e. The standard InChI is InChI=1S/C47H31N3O/c1-3-12-30(13-4-1)36-28-41(43-40-27-26-32-15-8-10-20-39(32)44(40)51-42(43)29-36)47-49-45(34-16-5-2-6-17-34)48-46(50-47)35-24-22-33(23-25-35)38-21-11-18-31-14-7-9-19-37(31)38/h1-29,47H,(H,48,49,50). The van der Waals surface area contributed by atoms with E-state index in [2.05, 4.69) is 157 Å². The predicted octanol–water partition coefficient (Wildman–Crippen LogP) is 11.7. The molecule has 9 aromatic rings. The number of benzene rings is 8. The molecule has 1 aliphatic rings. The van der Waals surface area contributed by atoms with E-state index in [-0.39, 0.29) is 0 Å². The predicted molar refractivity (Wildman–Crippen MR) is 211 cm³/mol. The maximum Gasteiger partial charge on any atom is 0.159 e. The van der Waals surface area contributed by atoms with Gasteiger partial charge in [0.25, 0.3) is 0 Å². The molecule has 0 saturated carbocycles. The Balaban J connectivity index is 1.15. The lowest BCUT2D eigenvalue weighted by molar-refractivity contribution is 0.665. The zero-order chi connectivity index (χ0) is 33.7. The first-order chi connectivity index (χ1) is 25.3. The largest absolute Gasteiger partial charge is 0.455 e. The third-order valence-corrected chi connectivity index (χ3v) is 9.93. The van der Waals surface area contributed by atoms with Crippen LogP contribution in [0, 0.1) is 0 Å². The summed E-state index contributed by atoms with van der Waals surface area (Å²) >= 11 is 0. The molecule has 1 aliphatic heterocycles. The Kier molecular flexibility index (Phi) is 6.85. The molecule has 0 fully saturated rings. The summed E-state index contributed by atoms with van der Waals surface area (Å²) in [5.74, 6) is 1.46. The van der Waals surface area contributed by atoms with Crippen LogP contribution in [-0.4, -0.2) is 11.7 Å². The molecule has 0 bridgehead atoms. The SMILES string of the molecule is c1ccc(C2=NC(c3cc(-c4ccccc4)cc4oc5c6ccccc6ccc5c34)NC(c3ccc(-c4cccc5ccccc45)cc3)=N2)cc1. The van der Waals surface area contributed by atoms with Gasteiger partial charge >= 0.3 is 0 Å². The maximum atomic E-state index is 6.76. The van der Waals surface area contributed by atoms with Gasteiger partial charge in [0.15, 0.2) is 5.84 Å². The molecule has 0 amide bonds. The maximum absolute atomic E-state index is 6.76. The van der Waals surface area contributed by atoms with Gasteiger partial charge in [0.05, 0.1) is 0 Å². The van der Waals surface area contributed by atoms with Crippen molar-refractivity contribution in [2.24, 2.45) is 9.98 Å². The van der Waals surface area contributed by atoms with Crippen molar-refractivity contribution in [3.63, 3.8) is 0 Å². The fraction of sp³-hybridized carbons (Fsp3) is 0.0213. The van der Waals surface area contributed by atoms with Crippen LogP contribution in [0.15, 0.2) is 190 Å². The van der Waals surface area contributed by atoms with Gasteiger partial charge in [0, 0.05) is 32.8 Å². The fourth-order valence-electron chi connectivity index (χ4n) is 7.44. The Hall–Kier alpha value is -6.78. The first-order valence-corrected chi connectivity index (χ1v) is 17.3. The Morgan fingerprint density at radius 3 is 1.90 bits per heavy atom.